The van der Waals surface area contributed by atoms with Crippen molar-refractivity contribution in [3.8, 4) is 0 Å². The lowest BCUT2D eigenvalue weighted by Crippen LogP contribution is -2.24. The zero-order valence-electron chi connectivity index (χ0n) is 12.1. The second kappa shape index (κ2) is 4.12. The van der Waals surface area contributed by atoms with Crippen LogP contribution in [0, 0.1) is 12.3 Å². The van der Waals surface area contributed by atoms with Gasteiger partial charge in [-0.3, -0.25) is 4.68 Å². The minimum absolute atomic E-state index is 0.228. The van der Waals surface area contributed by atoms with Gasteiger partial charge in [-0.05, 0) is 29.9 Å². The number of benzene rings is 1. The summed E-state index contributed by atoms with van der Waals surface area (Å²) in [7, 11) is 1.96. The molecule has 3 rings (SSSR count). The lowest BCUT2D eigenvalue weighted by Gasteiger charge is -2.29. The van der Waals surface area contributed by atoms with Crippen LogP contribution in [0.4, 0.5) is 5.69 Å². The van der Waals surface area contributed by atoms with E-state index in [2.05, 4.69) is 61.6 Å². The van der Waals surface area contributed by atoms with Gasteiger partial charge in [0, 0.05) is 13.2 Å². The van der Waals surface area contributed by atoms with Gasteiger partial charge in [-0.15, -0.1) is 0 Å². The third-order valence-electron chi connectivity index (χ3n) is 4.11. The number of fused-ring (bicyclic) bond motifs is 1. The molecule has 100 valence electrons. The Bertz CT molecular complexity index is 610. The van der Waals surface area contributed by atoms with E-state index in [1.807, 2.05) is 11.7 Å². The van der Waals surface area contributed by atoms with Crippen LogP contribution in [0.25, 0.3) is 0 Å². The summed E-state index contributed by atoms with van der Waals surface area (Å²) in [6.45, 7) is 6.71. The molecule has 0 radical (unpaired) electrons. The van der Waals surface area contributed by atoms with Crippen LogP contribution >= 0.6 is 0 Å². The van der Waals surface area contributed by atoms with Crippen molar-refractivity contribution in [1.82, 2.24) is 9.78 Å². The first-order valence-corrected chi connectivity index (χ1v) is 6.82. The average Bonchev–Trinajstić information content (AvgIpc) is 2.77. The monoisotopic (exact) mass is 255 g/mol. The second-order valence-corrected chi connectivity index (χ2v) is 6.24. The van der Waals surface area contributed by atoms with Gasteiger partial charge in [-0.25, -0.2) is 0 Å². The van der Waals surface area contributed by atoms with E-state index in [-0.39, 0.29) is 5.41 Å². The SMILES string of the molecule is Cc1nn(C)cc1NC1c2ccccc2CC1(C)C. The summed E-state index contributed by atoms with van der Waals surface area (Å²) in [5.74, 6) is 0. The molecule has 1 aliphatic rings. The Balaban J connectivity index is 1.97. The molecule has 0 aliphatic heterocycles. The molecule has 0 bridgehead atoms. The fourth-order valence-corrected chi connectivity index (χ4v) is 3.16. The fourth-order valence-electron chi connectivity index (χ4n) is 3.16. The highest BCUT2D eigenvalue weighted by Crippen LogP contribution is 2.46. The highest BCUT2D eigenvalue weighted by molar-refractivity contribution is 5.51. The number of aryl methyl sites for hydroxylation is 2. The van der Waals surface area contributed by atoms with E-state index in [4.69, 9.17) is 0 Å². The van der Waals surface area contributed by atoms with Crippen LogP contribution in [0.15, 0.2) is 30.5 Å². The molecular formula is C16H21N3. The molecule has 1 heterocycles. The normalized spacial score (nSPS) is 20.3. The van der Waals surface area contributed by atoms with Gasteiger partial charge in [0.05, 0.1) is 17.4 Å². The Kier molecular flexibility index (Phi) is 2.66. The number of hydrogen-bond donors (Lipinski definition) is 1. The van der Waals surface area contributed by atoms with Crippen LogP contribution in [-0.2, 0) is 13.5 Å². The van der Waals surface area contributed by atoms with Gasteiger partial charge >= 0.3 is 0 Å². The summed E-state index contributed by atoms with van der Waals surface area (Å²) in [5, 5.41) is 8.10. The summed E-state index contributed by atoms with van der Waals surface area (Å²) < 4.78 is 1.87. The third-order valence-corrected chi connectivity index (χ3v) is 4.11. The molecule has 0 saturated heterocycles. The standard InChI is InChI=1S/C16H21N3/c1-11-14(10-19(4)18-11)17-15-13-8-6-5-7-12(13)9-16(15,2)3/h5-8,10,15,17H,9H2,1-4H3. The van der Waals surface area contributed by atoms with E-state index >= 15 is 0 Å². The van der Waals surface area contributed by atoms with Crippen LogP contribution in [0.3, 0.4) is 0 Å². The van der Waals surface area contributed by atoms with Gasteiger partial charge in [0.25, 0.3) is 0 Å². The Morgan fingerprint density at radius 2 is 2.05 bits per heavy atom. The Hall–Kier alpha value is -1.77. The predicted octanol–water partition coefficient (Wildman–Crippen LogP) is 3.46. The van der Waals surface area contributed by atoms with E-state index in [1.54, 1.807) is 0 Å². The van der Waals surface area contributed by atoms with Crippen molar-refractivity contribution in [2.45, 2.75) is 33.2 Å². The Labute approximate surface area is 114 Å². The van der Waals surface area contributed by atoms with Crippen LogP contribution in [0.1, 0.15) is 36.7 Å². The van der Waals surface area contributed by atoms with Gasteiger partial charge in [-0.1, -0.05) is 38.1 Å². The molecule has 1 N–H and O–H groups in total. The smallest absolute Gasteiger partial charge is 0.0825 e. The van der Waals surface area contributed by atoms with Gasteiger partial charge in [0.15, 0.2) is 0 Å². The van der Waals surface area contributed by atoms with Crippen molar-refractivity contribution in [3.05, 3.63) is 47.3 Å². The van der Waals surface area contributed by atoms with E-state index in [1.165, 1.54) is 11.1 Å². The lowest BCUT2D eigenvalue weighted by atomic mass is 9.85. The number of nitrogens with zero attached hydrogens (tertiary/aromatic N) is 2. The maximum Gasteiger partial charge on any atom is 0.0825 e. The number of anilines is 1. The van der Waals surface area contributed by atoms with Gasteiger partial charge in [0.2, 0.25) is 0 Å². The van der Waals surface area contributed by atoms with E-state index < -0.39 is 0 Å². The molecule has 1 aromatic heterocycles. The minimum atomic E-state index is 0.228. The zero-order chi connectivity index (χ0) is 13.6. The van der Waals surface area contributed by atoms with Gasteiger partial charge < -0.3 is 5.32 Å². The molecule has 3 heteroatoms. The molecule has 0 amide bonds. The first-order valence-electron chi connectivity index (χ1n) is 6.82. The topological polar surface area (TPSA) is 29.9 Å². The number of aromatic nitrogens is 2. The summed E-state index contributed by atoms with van der Waals surface area (Å²) in [6, 6.07) is 9.10. The quantitative estimate of drug-likeness (QED) is 0.890. The van der Waals surface area contributed by atoms with Crippen LogP contribution in [0.2, 0.25) is 0 Å². The Morgan fingerprint density at radius 3 is 2.74 bits per heavy atom. The van der Waals surface area contributed by atoms with Crippen LogP contribution in [0.5, 0.6) is 0 Å². The maximum atomic E-state index is 4.41. The molecule has 0 fully saturated rings. The molecule has 1 unspecified atom stereocenters. The van der Waals surface area contributed by atoms with Crippen molar-refractivity contribution in [1.29, 1.82) is 0 Å². The predicted molar refractivity (Wildman–Crippen MR) is 78.2 cm³/mol. The van der Waals surface area contributed by atoms with Crippen molar-refractivity contribution in [3.63, 3.8) is 0 Å². The molecule has 1 aromatic carbocycles. The number of hydrogen-bond acceptors (Lipinski definition) is 2. The molecule has 1 atom stereocenters. The molecule has 0 spiro atoms. The summed E-state index contributed by atoms with van der Waals surface area (Å²) in [5.41, 5.74) is 5.31. The van der Waals surface area contributed by atoms with Crippen LogP contribution in [-0.4, -0.2) is 9.78 Å². The Morgan fingerprint density at radius 1 is 1.32 bits per heavy atom. The van der Waals surface area contributed by atoms with E-state index in [0.29, 0.717) is 6.04 Å². The molecule has 19 heavy (non-hydrogen) atoms. The molecule has 3 nitrogen and oxygen atoms in total. The first-order chi connectivity index (χ1) is 8.97. The van der Waals surface area contributed by atoms with Crippen molar-refractivity contribution in [2.75, 3.05) is 5.32 Å². The van der Waals surface area contributed by atoms with Gasteiger partial charge in [-0.2, -0.15) is 5.10 Å². The average molecular weight is 255 g/mol. The maximum absolute atomic E-state index is 4.41. The van der Waals surface area contributed by atoms with E-state index in [0.717, 1.165) is 17.8 Å². The third kappa shape index (κ3) is 2.03. The van der Waals surface area contributed by atoms with Crippen molar-refractivity contribution in [2.24, 2.45) is 12.5 Å². The summed E-state index contributed by atoms with van der Waals surface area (Å²) in [6.07, 6.45) is 3.19. The first kappa shape index (κ1) is 12.3. The van der Waals surface area contributed by atoms with Crippen molar-refractivity contribution >= 4 is 5.69 Å². The largest absolute Gasteiger partial charge is 0.375 e. The lowest BCUT2D eigenvalue weighted by molar-refractivity contribution is 0.337. The summed E-state index contributed by atoms with van der Waals surface area (Å²) in [4.78, 5) is 0. The molecule has 2 aromatic rings. The highest BCUT2D eigenvalue weighted by Gasteiger charge is 2.38. The molecule has 1 aliphatic carbocycles. The van der Waals surface area contributed by atoms with Crippen molar-refractivity contribution < 1.29 is 0 Å². The minimum Gasteiger partial charge on any atom is -0.375 e. The molecular weight excluding hydrogens is 234 g/mol. The van der Waals surface area contributed by atoms with Gasteiger partial charge in [0.1, 0.15) is 0 Å². The number of nitrogens with one attached hydrogen (secondary N) is 1. The zero-order valence-corrected chi connectivity index (χ0v) is 12.1. The highest BCUT2D eigenvalue weighted by atomic mass is 15.3. The van der Waals surface area contributed by atoms with Crippen LogP contribution < -0.4 is 5.32 Å². The number of rotatable bonds is 2. The van der Waals surface area contributed by atoms with E-state index in [9.17, 15) is 0 Å². The molecule has 0 saturated carbocycles. The summed E-state index contributed by atoms with van der Waals surface area (Å²) >= 11 is 0. The second-order valence-electron chi connectivity index (χ2n) is 6.24. The fraction of sp³-hybridized carbons (Fsp3) is 0.438.